The van der Waals surface area contributed by atoms with E-state index in [1.807, 2.05) is 66.6 Å². The van der Waals surface area contributed by atoms with Gasteiger partial charge in [-0.05, 0) is 57.0 Å². The van der Waals surface area contributed by atoms with Crippen LogP contribution in [0.5, 0.6) is 5.75 Å². The van der Waals surface area contributed by atoms with E-state index < -0.39 is 0 Å². The fourth-order valence-corrected chi connectivity index (χ4v) is 4.22. The largest absolute Gasteiger partial charge is 0.494 e. The van der Waals surface area contributed by atoms with E-state index in [1.165, 1.54) is 0 Å². The zero-order chi connectivity index (χ0) is 21.8. The van der Waals surface area contributed by atoms with Crippen molar-refractivity contribution in [3.8, 4) is 5.75 Å². The maximum absolute atomic E-state index is 13.0. The van der Waals surface area contributed by atoms with Crippen molar-refractivity contribution in [1.29, 1.82) is 0 Å². The van der Waals surface area contributed by atoms with Crippen LogP contribution < -0.4 is 10.1 Å². The van der Waals surface area contributed by atoms with Gasteiger partial charge in [-0.25, -0.2) is 0 Å². The van der Waals surface area contributed by atoms with Crippen LogP contribution in [-0.2, 0) is 6.54 Å². The van der Waals surface area contributed by atoms with Crippen molar-refractivity contribution in [1.82, 2.24) is 14.8 Å². The lowest BCUT2D eigenvalue weighted by atomic mass is 10.0. The van der Waals surface area contributed by atoms with Gasteiger partial charge in [-0.2, -0.15) is 0 Å². The number of nitrogens with one attached hydrogen (secondary N) is 1. The summed E-state index contributed by atoms with van der Waals surface area (Å²) in [6.45, 7) is 6.70. The van der Waals surface area contributed by atoms with Crippen molar-refractivity contribution in [3.63, 3.8) is 0 Å². The van der Waals surface area contributed by atoms with E-state index in [-0.39, 0.29) is 17.9 Å². The molecule has 0 radical (unpaired) electrons. The molecular weight excluding hydrogens is 390 g/mol. The first kappa shape index (κ1) is 21.0. The highest BCUT2D eigenvalue weighted by Gasteiger charge is 2.25. The minimum Gasteiger partial charge on any atom is -0.494 e. The lowest BCUT2D eigenvalue weighted by Gasteiger charge is -2.32. The van der Waals surface area contributed by atoms with Gasteiger partial charge in [-0.3, -0.25) is 9.59 Å². The van der Waals surface area contributed by atoms with Crippen LogP contribution in [0.25, 0.3) is 10.9 Å². The number of benzene rings is 2. The monoisotopic (exact) mass is 419 g/mol. The standard InChI is InChI=1S/C25H29N3O3/c1-3-27-17-22(21-7-5-6-8-23(21)27)24(29)26-19-13-15-28(16-14-19)25(30)18-9-11-20(12-10-18)31-4-2/h5-12,17,19H,3-4,13-16H2,1-2H3,(H,26,29). The second-order valence-electron chi connectivity index (χ2n) is 7.84. The molecule has 1 N–H and O–H groups in total. The molecule has 0 atom stereocenters. The number of nitrogens with zero attached hydrogens (tertiary/aromatic N) is 2. The average molecular weight is 420 g/mol. The van der Waals surface area contributed by atoms with E-state index in [2.05, 4.69) is 16.8 Å². The summed E-state index contributed by atoms with van der Waals surface area (Å²) < 4.78 is 7.54. The summed E-state index contributed by atoms with van der Waals surface area (Å²) in [5.74, 6) is 0.753. The van der Waals surface area contributed by atoms with Crippen LogP contribution in [0.15, 0.2) is 54.7 Å². The number of rotatable bonds is 6. The number of carbonyl (C=O) groups is 2. The Labute approximate surface area is 182 Å². The van der Waals surface area contributed by atoms with E-state index in [4.69, 9.17) is 4.74 Å². The topological polar surface area (TPSA) is 63.6 Å². The molecular formula is C25H29N3O3. The van der Waals surface area contributed by atoms with Crippen molar-refractivity contribution < 1.29 is 14.3 Å². The second-order valence-corrected chi connectivity index (χ2v) is 7.84. The molecule has 0 spiro atoms. The van der Waals surface area contributed by atoms with Crippen LogP contribution in [0.2, 0.25) is 0 Å². The van der Waals surface area contributed by atoms with Gasteiger partial charge < -0.3 is 19.5 Å². The fourth-order valence-electron chi connectivity index (χ4n) is 4.22. The summed E-state index contributed by atoms with van der Waals surface area (Å²) in [6.07, 6.45) is 3.44. The molecule has 1 aliphatic heterocycles. The van der Waals surface area contributed by atoms with Crippen LogP contribution in [0.4, 0.5) is 0 Å². The summed E-state index contributed by atoms with van der Waals surface area (Å²) >= 11 is 0. The molecule has 0 bridgehead atoms. The highest BCUT2D eigenvalue weighted by Crippen LogP contribution is 2.22. The van der Waals surface area contributed by atoms with Gasteiger partial charge in [0.1, 0.15) is 5.75 Å². The Morgan fingerprint density at radius 3 is 2.42 bits per heavy atom. The summed E-state index contributed by atoms with van der Waals surface area (Å²) in [4.78, 5) is 27.6. The smallest absolute Gasteiger partial charge is 0.253 e. The van der Waals surface area contributed by atoms with Gasteiger partial charge >= 0.3 is 0 Å². The van der Waals surface area contributed by atoms with Gasteiger partial charge in [0.05, 0.1) is 12.2 Å². The normalized spacial score (nSPS) is 14.6. The van der Waals surface area contributed by atoms with Crippen molar-refractivity contribution in [2.75, 3.05) is 19.7 Å². The predicted molar refractivity (Wildman–Crippen MR) is 122 cm³/mol. The molecule has 4 rings (SSSR count). The average Bonchev–Trinajstić information content (AvgIpc) is 3.19. The number of likely N-dealkylation sites (tertiary alicyclic amines) is 1. The minimum atomic E-state index is -0.0420. The highest BCUT2D eigenvalue weighted by atomic mass is 16.5. The van der Waals surface area contributed by atoms with Crippen LogP contribution in [0, 0.1) is 0 Å². The summed E-state index contributed by atoms with van der Waals surface area (Å²) in [6, 6.07) is 15.3. The number of fused-ring (bicyclic) bond motifs is 1. The first-order valence-corrected chi connectivity index (χ1v) is 11.0. The molecule has 6 nitrogen and oxygen atoms in total. The van der Waals surface area contributed by atoms with Gasteiger partial charge in [0.2, 0.25) is 0 Å². The van der Waals surface area contributed by atoms with E-state index in [0.29, 0.717) is 30.8 Å². The number of aryl methyl sites for hydroxylation is 1. The number of amides is 2. The number of hydrogen-bond donors (Lipinski definition) is 1. The molecule has 1 saturated heterocycles. The van der Waals surface area contributed by atoms with Crippen LogP contribution in [0.1, 0.15) is 47.4 Å². The number of carbonyl (C=O) groups excluding carboxylic acids is 2. The van der Waals surface area contributed by atoms with Crippen LogP contribution in [-0.4, -0.2) is 47.0 Å². The van der Waals surface area contributed by atoms with Crippen LogP contribution in [0.3, 0.4) is 0 Å². The zero-order valence-electron chi connectivity index (χ0n) is 18.1. The number of ether oxygens (including phenoxy) is 1. The van der Waals surface area contributed by atoms with Gasteiger partial charge in [0, 0.05) is 48.3 Å². The Bertz CT molecular complexity index is 1060. The van der Waals surface area contributed by atoms with Crippen molar-refractivity contribution >= 4 is 22.7 Å². The molecule has 2 amide bonds. The van der Waals surface area contributed by atoms with Gasteiger partial charge in [-0.1, -0.05) is 18.2 Å². The molecule has 1 aliphatic rings. The van der Waals surface area contributed by atoms with E-state index in [9.17, 15) is 9.59 Å². The number of aromatic nitrogens is 1. The second kappa shape index (κ2) is 9.25. The lowest BCUT2D eigenvalue weighted by molar-refractivity contribution is 0.0698. The molecule has 0 unspecified atom stereocenters. The molecule has 1 fully saturated rings. The Morgan fingerprint density at radius 2 is 1.74 bits per heavy atom. The third kappa shape index (κ3) is 4.43. The molecule has 31 heavy (non-hydrogen) atoms. The number of hydrogen-bond acceptors (Lipinski definition) is 3. The molecule has 6 heteroatoms. The zero-order valence-corrected chi connectivity index (χ0v) is 18.1. The van der Waals surface area contributed by atoms with Crippen molar-refractivity contribution in [2.24, 2.45) is 0 Å². The Hall–Kier alpha value is -3.28. The van der Waals surface area contributed by atoms with Crippen molar-refractivity contribution in [3.05, 3.63) is 65.9 Å². The molecule has 2 heterocycles. The van der Waals surface area contributed by atoms with E-state index in [0.717, 1.165) is 36.0 Å². The molecule has 3 aromatic rings. The Morgan fingerprint density at radius 1 is 1.03 bits per heavy atom. The third-order valence-electron chi connectivity index (χ3n) is 5.90. The van der Waals surface area contributed by atoms with Crippen LogP contribution >= 0.6 is 0 Å². The number of para-hydroxylation sites is 1. The van der Waals surface area contributed by atoms with Gasteiger partial charge in [0.15, 0.2) is 0 Å². The molecule has 0 aliphatic carbocycles. The third-order valence-corrected chi connectivity index (χ3v) is 5.90. The molecule has 1 aromatic heterocycles. The minimum absolute atomic E-state index is 0.0267. The summed E-state index contributed by atoms with van der Waals surface area (Å²) in [5.41, 5.74) is 2.45. The Balaban J connectivity index is 1.36. The molecule has 2 aromatic carbocycles. The maximum Gasteiger partial charge on any atom is 0.253 e. The first-order valence-electron chi connectivity index (χ1n) is 11.0. The molecule has 0 saturated carbocycles. The van der Waals surface area contributed by atoms with Gasteiger partial charge in [0.25, 0.3) is 11.8 Å². The Kier molecular flexibility index (Phi) is 6.26. The maximum atomic E-state index is 13.0. The fraction of sp³-hybridized carbons (Fsp3) is 0.360. The first-order chi connectivity index (χ1) is 15.1. The summed E-state index contributed by atoms with van der Waals surface area (Å²) in [7, 11) is 0. The molecule has 162 valence electrons. The number of piperidine rings is 1. The predicted octanol–water partition coefficient (Wildman–Crippen LogP) is 4.09. The lowest BCUT2D eigenvalue weighted by Crippen LogP contribution is -2.46. The quantitative estimate of drug-likeness (QED) is 0.654. The van der Waals surface area contributed by atoms with Crippen molar-refractivity contribution in [2.45, 2.75) is 39.3 Å². The van der Waals surface area contributed by atoms with E-state index in [1.54, 1.807) is 0 Å². The SMILES string of the molecule is CCOc1ccc(C(=O)N2CCC(NC(=O)c3cn(CC)c4ccccc34)CC2)cc1. The highest BCUT2D eigenvalue weighted by molar-refractivity contribution is 6.07. The van der Waals surface area contributed by atoms with Gasteiger partial charge in [-0.15, -0.1) is 0 Å². The summed E-state index contributed by atoms with van der Waals surface area (Å²) in [5, 5.41) is 4.16. The van der Waals surface area contributed by atoms with E-state index >= 15 is 0 Å².